The summed E-state index contributed by atoms with van der Waals surface area (Å²) >= 11 is 0. The second-order valence-electron chi connectivity index (χ2n) is 4.49. The molecule has 0 unspecified atom stereocenters. The molecule has 1 heterocycles. The van der Waals surface area contributed by atoms with Gasteiger partial charge in [-0.2, -0.15) is 5.10 Å². The number of amides is 2. The Hall–Kier alpha value is -3.22. The third-order valence-corrected chi connectivity index (χ3v) is 2.85. The molecule has 2 rings (SSSR count). The highest BCUT2D eigenvalue weighted by molar-refractivity contribution is 5.96. The first-order valence-electron chi connectivity index (χ1n) is 6.83. The van der Waals surface area contributed by atoms with Crippen LogP contribution >= 0.6 is 0 Å². The predicted molar refractivity (Wildman–Crippen MR) is 85.3 cm³/mol. The minimum Gasteiger partial charge on any atom is -0.497 e. The van der Waals surface area contributed by atoms with Gasteiger partial charge in [0.15, 0.2) is 0 Å². The lowest BCUT2D eigenvalue weighted by atomic mass is 10.2. The van der Waals surface area contributed by atoms with Gasteiger partial charge < -0.3 is 10.1 Å². The van der Waals surface area contributed by atoms with Crippen LogP contribution in [0, 0.1) is 0 Å². The number of hydrogen-bond acceptors (Lipinski definition) is 5. The summed E-state index contributed by atoms with van der Waals surface area (Å²) in [7, 11) is 1.55. The SMILES string of the molecule is COc1ccc(C(=O)NCC(=O)N/N=C\c2cccnc2)cc1. The van der Waals surface area contributed by atoms with Gasteiger partial charge >= 0.3 is 0 Å². The smallest absolute Gasteiger partial charge is 0.259 e. The predicted octanol–water partition coefficient (Wildman–Crippen LogP) is 0.970. The number of hydrazone groups is 1. The van der Waals surface area contributed by atoms with E-state index in [1.807, 2.05) is 0 Å². The van der Waals surface area contributed by atoms with E-state index in [-0.39, 0.29) is 12.5 Å². The molecule has 0 bridgehead atoms. The topological polar surface area (TPSA) is 92.7 Å². The number of rotatable bonds is 6. The molecule has 118 valence electrons. The average molecular weight is 312 g/mol. The van der Waals surface area contributed by atoms with E-state index in [2.05, 4.69) is 20.8 Å². The highest BCUT2D eigenvalue weighted by atomic mass is 16.5. The van der Waals surface area contributed by atoms with Crippen LogP contribution in [0.3, 0.4) is 0 Å². The minimum absolute atomic E-state index is 0.171. The maximum atomic E-state index is 11.9. The van der Waals surface area contributed by atoms with Crippen LogP contribution in [0.4, 0.5) is 0 Å². The first-order chi connectivity index (χ1) is 11.2. The molecule has 0 saturated carbocycles. The molecule has 0 atom stereocenters. The van der Waals surface area contributed by atoms with Crippen molar-refractivity contribution in [1.82, 2.24) is 15.7 Å². The Labute approximate surface area is 133 Å². The van der Waals surface area contributed by atoms with Crippen LogP contribution in [0.25, 0.3) is 0 Å². The number of ether oxygens (including phenoxy) is 1. The van der Waals surface area contributed by atoms with Crippen molar-refractivity contribution < 1.29 is 14.3 Å². The number of nitrogens with one attached hydrogen (secondary N) is 2. The fraction of sp³-hybridized carbons (Fsp3) is 0.125. The quantitative estimate of drug-likeness (QED) is 0.614. The summed E-state index contributed by atoms with van der Waals surface area (Å²) in [6.45, 7) is -0.171. The van der Waals surface area contributed by atoms with Crippen LogP contribution in [-0.2, 0) is 4.79 Å². The van der Waals surface area contributed by atoms with Crippen LogP contribution in [0.1, 0.15) is 15.9 Å². The molecule has 0 radical (unpaired) electrons. The van der Waals surface area contributed by atoms with Crippen molar-refractivity contribution in [3.8, 4) is 5.75 Å². The monoisotopic (exact) mass is 312 g/mol. The molecule has 0 saturated heterocycles. The Bertz CT molecular complexity index is 684. The van der Waals surface area contributed by atoms with Crippen molar-refractivity contribution >= 4 is 18.0 Å². The molecule has 1 aromatic heterocycles. The van der Waals surface area contributed by atoms with Gasteiger partial charge in [0.25, 0.3) is 11.8 Å². The van der Waals surface area contributed by atoms with Crippen molar-refractivity contribution in [1.29, 1.82) is 0 Å². The normalized spacial score (nSPS) is 10.3. The second kappa shape index (κ2) is 8.28. The number of carbonyl (C=O) groups is 2. The van der Waals surface area contributed by atoms with Gasteiger partial charge in [-0.05, 0) is 30.3 Å². The van der Waals surface area contributed by atoms with E-state index in [1.165, 1.54) is 6.21 Å². The van der Waals surface area contributed by atoms with Crippen LogP contribution in [-0.4, -0.2) is 36.7 Å². The zero-order valence-corrected chi connectivity index (χ0v) is 12.5. The number of pyridine rings is 1. The molecule has 1 aromatic carbocycles. The number of nitrogens with zero attached hydrogens (tertiary/aromatic N) is 2. The van der Waals surface area contributed by atoms with Gasteiger partial charge in [-0.25, -0.2) is 5.43 Å². The summed E-state index contributed by atoms with van der Waals surface area (Å²) in [4.78, 5) is 27.4. The lowest BCUT2D eigenvalue weighted by Crippen LogP contribution is -2.34. The van der Waals surface area contributed by atoms with Crippen LogP contribution < -0.4 is 15.5 Å². The molecule has 2 N–H and O–H groups in total. The van der Waals surface area contributed by atoms with E-state index in [1.54, 1.807) is 55.9 Å². The minimum atomic E-state index is -0.424. The molecule has 0 aliphatic rings. The summed E-state index contributed by atoms with van der Waals surface area (Å²) in [5, 5.41) is 6.29. The van der Waals surface area contributed by atoms with Crippen molar-refractivity contribution in [3.05, 3.63) is 59.9 Å². The van der Waals surface area contributed by atoms with Crippen molar-refractivity contribution in [2.75, 3.05) is 13.7 Å². The maximum absolute atomic E-state index is 11.9. The summed E-state index contributed by atoms with van der Waals surface area (Å²) < 4.78 is 5.01. The molecule has 7 heteroatoms. The van der Waals surface area contributed by atoms with Gasteiger partial charge in [0.05, 0.1) is 19.9 Å². The summed E-state index contributed by atoms with van der Waals surface area (Å²) in [6, 6.07) is 10.1. The Morgan fingerprint density at radius 1 is 1.26 bits per heavy atom. The molecule has 23 heavy (non-hydrogen) atoms. The Kier molecular flexibility index (Phi) is 5.81. The number of aromatic nitrogens is 1. The third kappa shape index (κ3) is 5.24. The fourth-order valence-corrected chi connectivity index (χ4v) is 1.68. The van der Waals surface area contributed by atoms with Crippen molar-refractivity contribution in [3.63, 3.8) is 0 Å². The molecular formula is C16H16N4O3. The van der Waals surface area contributed by atoms with Gasteiger partial charge in [0.2, 0.25) is 0 Å². The zero-order chi connectivity index (χ0) is 16.5. The molecule has 0 aliphatic carbocycles. The number of hydrogen-bond donors (Lipinski definition) is 2. The lowest BCUT2D eigenvalue weighted by Gasteiger charge is -2.05. The van der Waals surface area contributed by atoms with E-state index < -0.39 is 5.91 Å². The van der Waals surface area contributed by atoms with Crippen LogP contribution in [0.15, 0.2) is 53.9 Å². The Morgan fingerprint density at radius 3 is 2.70 bits per heavy atom. The second-order valence-corrected chi connectivity index (χ2v) is 4.49. The van der Waals surface area contributed by atoms with Gasteiger partial charge in [-0.3, -0.25) is 14.6 Å². The van der Waals surface area contributed by atoms with E-state index in [0.29, 0.717) is 11.3 Å². The number of carbonyl (C=O) groups excluding carboxylic acids is 2. The van der Waals surface area contributed by atoms with E-state index >= 15 is 0 Å². The molecule has 2 amide bonds. The van der Waals surface area contributed by atoms with Crippen molar-refractivity contribution in [2.45, 2.75) is 0 Å². The molecule has 0 fully saturated rings. The Morgan fingerprint density at radius 2 is 2.04 bits per heavy atom. The average Bonchev–Trinajstić information content (AvgIpc) is 2.60. The number of benzene rings is 1. The maximum Gasteiger partial charge on any atom is 0.259 e. The highest BCUT2D eigenvalue weighted by Crippen LogP contribution is 2.10. The van der Waals surface area contributed by atoms with E-state index in [0.717, 1.165) is 5.56 Å². The zero-order valence-electron chi connectivity index (χ0n) is 12.5. The van der Waals surface area contributed by atoms with Crippen LogP contribution in [0.2, 0.25) is 0 Å². The molecule has 2 aromatic rings. The van der Waals surface area contributed by atoms with Gasteiger partial charge in [0.1, 0.15) is 5.75 Å². The standard InChI is InChI=1S/C16H16N4O3/c1-23-14-6-4-13(5-7-14)16(22)18-11-15(21)20-19-10-12-3-2-8-17-9-12/h2-10H,11H2,1H3,(H,18,22)(H,20,21)/b19-10-. The van der Waals surface area contributed by atoms with E-state index in [9.17, 15) is 9.59 Å². The van der Waals surface area contributed by atoms with Crippen LogP contribution in [0.5, 0.6) is 5.75 Å². The first-order valence-corrected chi connectivity index (χ1v) is 6.83. The first kappa shape index (κ1) is 16.2. The largest absolute Gasteiger partial charge is 0.497 e. The van der Waals surface area contributed by atoms with Gasteiger partial charge in [-0.1, -0.05) is 6.07 Å². The summed E-state index contributed by atoms with van der Waals surface area (Å²) in [5.74, 6) is -0.116. The van der Waals surface area contributed by atoms with Gasteiger partial charge in [0, 0.05) is 23.5 Å². The Balaban J connectivity index is 1.77. The molecule has 0 spiro atoms. The molecule has 7 nitrogen and oxygen atoms in total. The molecule has 0 aliphatic heterocycles. The highest BCUT2D eigenvalue weighted by Gasteiger charge is 2.07. The van der Waals surface area contributed by atoms with Gasteiger partial charge in [-0.15, -0.1) is 0 Å². The fourth-order valence-electron chi connectivity index (χ4n) is 1.68. The summed E-state index contributed by atoms with van der Waals surface area (Å²) in [6.07, 6.45) is 4.72. The van der Waals surface area contributed by atoms with Crippen molar-refractivity contribution in [2.24, 2.45) is 5.10 Å². The number of methoxy groups -OCH3 is 1. The van der Waals surface area contributed by atoms with E-state index in [4.69, 9.17) is 4.74 Å². The lowest BCUT2D eigenvalue weighted by molar-refractivity contribution is -0.120. The third-order valence-electron chi connectivity index (χ3n) is 2.85. The summed E-state index contributed by atoms with van der Waals surface area (Å²) in [5.41, 5.74) is 3.53. The molecular weight excluding hydrogens is 296 g/mol.